The number of β-amino-alcohol motifs (C(OH)–C–C–N with tert-alkyl or cyclic N) is 1. The third kappa shape index (κ3) is 23.0. The summed E-state index contributed by atoms with van der Waals surface area (Å²) < 4.78 is 28.8. The van der Waals surface area contributed by atoms with E-state index in [2.05, 4.69) is 19.6 Å². The van der Waals surface area contributed by atoms with E-state index in [1.165, 1.54) is 0 Å². The van der Waals surface area contributed by atoms with Gasteiger partial charge in [0.05, 0.1) is 38.6 Å². The summed E-state index contributed by atoms with van der Waals surface area (Å²) in [5.41, 5.74) is 0. The maximum absolute atomic E-state index is 12.2. The molecule has 3 N–H and O–H groups in total. The second-order valence-electron chi connectivity index (χ2n) is 12.5. The molecule has 0 bridgehead atoms. The molecule has 50 heavy (non-hydrogen) atoms. The standard InChI is InChI=1S/C34H68N4O11Si/c1-5-46-34(44)15-24-37-19-11-21-38(29-31(39)30-45-27-12-28-50(47-6-2,48-7-3)49-8-4)20-10-17-35(22-13-32(40)41)16-9-18-36(25-26-37)23-14-33(42)43/h31,39H,5-30H2,1-4H3,(H,40,41)(H,42,43). The highest BCUT2D eigenvalue weighted by Gasteiger charge is 2.39. The van der Waals surface area contributed by atoms with Crippen molar-refractivity contribution >= 4 is 26.7 Å². The van der Waals surface area contributed by atoms with E-state index in [1.54, 1.807) is 6.92 Å². The van der Waals surface area contributed by atoms with Crippen LogP contribution in [0.3, 0.4) is 0 Å². The van der Waals surface area contributed by atoms with E-state index in [0.29, 0.717) is 97.9 Å². The number of nitrogens with zero attached hydrogens (tertiary/aromatic N) is 4. The van der Waals surface area contributed by atoms with Crippen LogP contribution in [-0.2, 0) is 37.1 Å². The Hall–Kier alpha value is -1.73. The van der Waals surface area contributed by atoms with Gasteiger partial charge in [0.1, 0.15) is 0 Å². The first kappa shape index (κ1) is 46.3. The first-order chi connectivity index (χ1) is 24.1. The fourth-order valence-corrected chi connectivity index (χ4v) is 8.67. The highest BCUT2D eigenvalue weighted by atomic mass is 28.4. The number of carboxylic acids is 2. The number of ether oxygens (including phenoxy) is 2. The van der Waals surface area contributed by atoms with Gasteiger partial charge in [0.2, 0.25) is 0 Å². The molecule has 0 aromatic heterocycles. The summed E-state index contributed by atoms with van der Waals surface area (Å²) in [5.74, 6) is -1.92. The SMILES string of the molecule is CCOC(=O)CCN1CCCN(CC(O)COCCC[Si](OCC)(OCC)OCC)CCCN(CCC(=O)O)CCCN(CCC(=O)O)CC1. The highest BCUT2D eigenvalue weighted by Crippen LogP contribution is 2.18. The Morgan fingerprint density at radius 1 is 0.640 bits per heavy atom. The molecule has 0 spiro atoms. The largest absolute Gasteiger partial charge is 0.501 e. The monoisotopic (exact) mass is 736 g/mol. The Kier molecular flexibility index (Phi) is 26.7. The molecular weight excluding hydrogens is 668 g/mol. The molecule has 16 heteroatoms. The minimum Gasteiger partial charge on any atom is -0.481 e. The van der Waals surface area contributed by atoms with Crippen LogP contribution in [0, 0.1) is 0 Å². The average Bonchev–Trinajstić information content (AvgIpc) is 3.06. The molecule has 1 aliphatic rings. The Morgan fingerprint density at radius 2 is 1.08 bits per heavy atom. The van der Waals surface area contributed by atoms with E-state index >= 15 is 0 Å². The van der Waals surface area contributed by atoms with Gasteiger partial charge in [-0.3, -0.25) is 14.4 Å². The number of aliphatic carboxylic acids is 2. The number of esters is 1. The van der Waals surface area contributed by atoms with Gasteiger partial charge in [-0.15, -0.1) is 0 Å². The van der Waals surface area contributed by atoms with E-state index in [9.17, 15) is 29.7 Å². The van der Waals surface area contributed by atoms with Crippen LogP contribution < -0.4 is 0 Å². The molecule has 1 heterocycles. The molecule has 0 aromatic carbocycles. The predicted molar refractivity (Wildman–Crippen MR) is 192 cm³/mol. The van der Waals surface area contributed by atoms with Crippen LogP contribution >= 0.6 is 0 Å². The van der Waals surface area contributed by atoms with Gasteiger partial charge < -0.3 is 57.7 Å². The van der Waals surface area contributed by atoms with Crippen molar-refractivity contribution < 1.29 is 52.5 Å². The van der Waals surface area contributed by atoms with Crippen molar-refractivity contribution in [1.82, 2.24) is 19.6 Å². The summed E-state index contributed by atoms with van der Waals surface area (Å²) in [6, 6.07) is 0.646. The van der Waals surface area contributed by atoms with Gasteiger partial charge >= 0.3 is 26.7 Å². The molecule has 0 aromatic rings. The van der Waals surface area contributed by atoms with Gasteiger partial charge in [0.25, 0.3) is 0 Å². The highest BCUT2D eigenvalue weighted by molar-refractivity contribution is 6.60. The number of carbonyl (C=O) groups is 3. The normalized spacial score (nSPS) is 17.9. The van der Waals surface area contributed by atoms with E-state index in [0.717, 1.165) is 45.4 Å². The fourth-order valence-electron chi connectivity index (χ4n) is 6.09. The van der Waals surface area contributed by atoms with E-state index in [4.69, 9.17) is 22.8 Å². The van der Waals surface area contributed by atoms with Crippen LogP contribution in [0.4, 0.5) is 0 Å². The van der Waals surface area contributed by atoms with Gasteiger partial charge in [-0.05, 0) is 92.6 Å². The Labute approximate surface area is 301 Å². The fraction of sp³-hybridized carbons (Fsp3) is 0.912. The molecule has 0 amide bonds. The second kappa shape index (κ2) is 28.8. The minimum atomic E-state index is -2.74. The van der Waals surface area contributed by atoms with Crippen molar-refractivity contribution in [3.05, 3.63) is 0 Å². The summed E-state index contributed by atoms with van der Waals surface area (Å²) in [6.45, 7) is 17.7. The van der Waals surface area contributed by atoms with Crippen molar-refractivity contribution in [3.63, 3.8) is 0 Å². The molecule has 1 unspecified atom stereocenters. The summed E-state index contributed by atoms with van der Waals surface area (Å²) in [7, 11) is -2.74. The smallest absolute Gasteiger partial charge is 0.481 e. The third-order valence-electron chi connectivity index (χ3n) is 8.44. The van der Waals surface area contributed by atoms with Crippen LogP contribution in [-0.4, -0.2) is 186 Å². The van der Waals surface area contributed by atoms with Gasteiger partial charge in [-0.1, -0.05) is 0 Å². The first-order valence-corrected chi connectivity index (χ1v) is 20.7. The minimum absolute atomic E-state index is 0.0445. The van der Waals surface area contributed by atoms with Crippen LogP contribution in [0.5, 0.6) is 0 Å². The maximum atomic E-state index is 12.2. The van der Waals surface area contributed by atoms with E-state index < -0.39 is 26.8 Å². The average molecular weight is 737 g/mol. The zero-order valence-electron chi connectivity index (χ0n) is 31.4. The van der Waals surface area contributed by atoms with Crippen molar-refractivity contribution in [2.45, 2.75) is 84.8 Å². The van der Waals surface area contributed by atoms with Crippen molar-refractivity contribution in [2.75, 3.05) is 118 Å². The zero-order chi connectivity index (χ0) is 37.0. The number of hydrogen-bond acceptors (Lipinski definition) is 13. The summed E-state index contributed by atoms with van der Waals surface area (Å²) in [5, 5.41) is 29.6. The zero-order valence-corrected chi connectivity index (χ0v) is 32.4. The molecule has 0 saturated carbocycles. The molecule has 0 radical (unpaired) electrons. The molecule has 1 rings (SSSR count). The summed E-state index contributed by atoms with van der Waals surface area (Å²) >= 11 is 0. The van der Waals surface area contributed by atoms with E-state index in [1.807, 2.05) is 20.8 Å². The number of rotatable bonds is 24. The van der Waals surface area contributed by atoms with E-state index in [-0.39, 0.29) is 31.8 Å². The molecule has 294 valence electrons. The Balaban J connectivity index is 2.90. The lowest BCUT2D eigenvalue weighted by Gasteiger charge is -2.29. The van der Waals surface area contributed by atoms with Crippen LogP contribution in [0.15, 0.2) is 0 Å². The lowest BCUT2D eigenvalue weighted by molar-refractivity contribution is -0.143. The quantitative estimate of drug-likeness (QED) is 0.0747. The van der Waals surface area contributed by atoms with Crippen molar-refractivity contribution in [2.24, 2.45) is 0 Å². The molecule has 1 fully saturated rings. The molecule has 1 saturated heterocycles. The lowest BCUT2D eigenvalue weighted by atomic mass is 10.2. The van der Waals surface area contributed by atoms with Crippen LogP contribution in [0.1, 0.15) is 72.6 Å². The number of aliphatic hydroxyl groups excluding tert-OH is 1. The van der Waals surface area contributed by atoms with Gasteiger partial charge in [-0.25, -0.2) is 0 Å². The topological polar surface area (TPSA) is 171 Å². The number of carboxylic acid groups (broad SMARTS) is 2. The summed E-state index contributed by atoms with van der Waals surface area (Å²) in [4.78, 5) is 43.7. The summed E-state index contributed by atoms with van der Waals surface area (Å²) in [6.07, 6.45) is 2.80. The maximum Gasteiger partial charge on any atom is 0.501 e. The van der Waals surface area contributed by atoms with Gasteiger partial charge in [0.15, 0.2) is 0 Å². The number of carbonyl (C=O) groups excluding carboxylic acids is 1. The van der Waals surface area contributed by atoms with Crippen LogP contribution in [0.2, 0.25) is 6.04 Å². The van der Waals surface area contributed by atoms with Crippen molar-refractivity contribution in [1.29, 1.82) is 0 Å². The predicted octanol–water partition coefficient (Wildman–Crippen LogP) is 2.10. The lowest BCUT2D eigenvalue weighted by Crippen LogP contribution is -2.46. The molecule has 15 nitrogen and oxygen atoms in total. The van der Waals surface area contributed by atoms with Gasteiger partial charge in [-0.2, -0.15) is 0 Å². The molecule has 1 aliphatic heterocycles. The molecule has 1 atom stereocenters. The van der Waals surface area contributed by atoms with Crippen molar-refractivity contribution in [3.8, 4) is 0 Å². The Morgan fingerprint density at radius 3 is 1.52 bits per heavy atom. The molecular formula is C34H68N4O11Si. The Bertz CT molecular complexity index is 890. The number of hydrogen-bond donors (Lipinski definition) is 3. The molecule has 0 aliphatic carbocycles. The van der Waals surface area contributed by atoms with Crippen LogP contribution in [0.25, 0.3) is 0 Å². The van der Waals surface area contributed by atoms with Gasteiger partial charge in [0, 0.05) is 71.7 Å². The first-order valence-electron chi connectivity index (χ1n) is 18.7. The second-order valence-corrected chi connectivity index (χ2v) is 15.3. The third-order valence-corrected chi connectivity index (χ3v) is 11.6. The number of aliphatic hydroxyl groups is 1.